The average Bonchev–Trinajstić information content (AvgIpc) is 3.27. The topological polar surface area (TPSA) is 84.2 Å². The van der Waals surface area contributed by atoms with Crippen LogP contribution in [0.1, 0.15) is 43.3 Å². The van der Waals surface area contributed by atoms with E-state index in [1.54, 1.807) is 12.1 Å². The summed E-state index contributed by atoms with van der Waals surface area (Å²) in [4.78, 5) is 26.3. The molecular weight excluding hydrogens is 446 g/mol. The number of carbonyl (C=O) groups is 2. The summed E-state index contributed by atoms with van der Waals surface area (Å²) in [5.74, 6) is 1.02. The van der Waals surface area contributed by atoms with Crippen LogP contribution in [0, 0.1) is 13.8 Å². The van der Waals surface area contributed by atoms with Crippen LogP contribution in [0.3, 0.4) is 0 Å². The number of amides is 2. The molecule has 0 aliphatic heterocycles. The van der Waals surface area contributed by atoms with Crippen LogP contribution >= 0.6 is 11.8 Å². The zero-order valence-electron chi connectivity index (χ0n) is 19.0. The highest BCUT2D eigenvalue weighted by molar-refractivity contribution is 7.98. The first-order valence-corrected chi connectivity index (χ1v) is 11.9. The number of benzene rings is 3. The van der Waals surface area contributed by atoms with Crippen LogP contribution in [0.4, 0.5) is 5.69 Å². The van der Waals surface area contributed by atoms with Gasteiger partial charge in [-0.25, -0.2) is 0 Å². The molecule has 0 saturated heterocycles. The van der Waals surface area contributed by atoms with Crippen LogP contribution in [0.5, 0.6) is 0 Å². The Morgan fingerprint density at radius 3 is 2.47 bits per heavy atom. The largest absolute Gasteiger partial charge is 0.360 e. The number of anilines is 1. The third-order valence-corrected chi connectivity index (χ3v) is 6.23. The van der Waals surface area contributed by atoms with Gasteiger partial charge in [0.05, 0.1) is 17.0 Å². The van der Waals surface area contributed by atoms with Crippen LogP contribution < -0.4 is 10.6 Å². The van der Waals surface area contributed by atoms with Crippen LogP contribution in [-0.2, 0) is 12.3 Å². The molecular formula is C27H25N3O3S. The van der Waals surface area contributed by atoms with Gasteiger partial charge in [-0.2, -0.15) is 0 Å². The molecule has 2 amide bonds. The van der Waals surface area contributed by atoms with E-state index in [4.69, 9.17) is 4.52 Å². The van der Waals surface area contributed by atoms with Gasteiger partial charge in [0.2, 0.25) is 0 Å². The molecule has 3 aromatic carbocycles. The summed E-state index contributed by atoms with van der Waals surface area (Å²) in [6, 6.07) is 24.2. The third-order valence-electron chi connectivity index (χ3n) is 5.13. The summed E-state index contributed by atoms with van der Waals surface area (Å²) >= 11 is 1.53. The van der Waals surface area contributed by atoms with Crippen molar-refractivity contribution in [3.8, 4) is 0 Å². The zero-order chi connectivity index (χ0) is 23.9. The molecule has 34 heavy (non-hydrogen) atoms. The fraction of sp³-hybridized carbons (Fsp3) is 0.148. The van der Waals surface area contributed by atoms with E-state index in [2.05, 4.69) is 15.8 Å². The number of hydrogen-bond acceptors (Lipinski definition) is 5. The summed E-state index contributed by atoms with van der Waals surface area (Å²) in [5, 5.41) is 9.79. The lowest BCUT2D eigenvalue weighted by molar-refractivity contribution is 0.0947. The zero-order valence-corrected chi connectivity index (χ0v) is 19.8. The number of rotatable bonds is 8. The Balaban J connectivity index is 1.37. The summed E-state index contributed by atoms with van der Waals surface area (Å²) in [6.07, 6.45) is 0. The van der Waals surface area contributed by atoms with Gasteiger partial charge in [0.25, 0.3) is 11.8 Å². The van der Waals surface area contributed by atoms with Crippen molar-refractivity contribution < 1.29 is 14.1 Å². The van der Waals surface area contributed by atoms with Crippen molar-refractivity contribution in [1.82, 2.24) is 10.5 Å². The maximum Gasteiger partial charge on any atom is 0.255 e. The molecule has 1 heterocycles. The molecule has 0 unspecified atom stereocenters. The van der Waals surface area contributed by atoms with Gasteiger partial charge >= 0.3 is 0 Å². The quantitative estimate of drug-likeness (QED) is 0.319. The van der Waals surface area contributed by atoms with Crippen molar-refractivity contribution >= 4 is 29.3 Å². The van der Waals surface area contributed by atoms with Crippen molar-refractivity contribution in [2.75, 3.05) is 5.32 Å². The molecule has 1 aromatic heterocycles. The van der Waals surface area contributed by atoms with Crippen molar-refractivity contribution in [1.29, 1.82) is 0 Å². The van der Waals surface area contributed by atoms with Gasteiger partial charge < -0.3 is 15.2 Å². The second-order valence-electron chi connectivity index (χ2n) is 7.92. The molecule has 0 atom stereocenters. The van der Waals surface area contributed by atoms with Crippen molar-refractivity contribution in [3.05, 3.63) is 113 Å². The second-order valence-corrected chi connectivity index (χ2v) is 8.94. The number of aromatic nitrogens is 1. The van der Waals surface area contributed by atoms with Gasteiger partial charge in [-0.15, -0.1) is 11.8 Å². The summed E-state index contributed by atoms with van der Waals surface area (Å²) in [5.41, 5.74) is 4.70. The first kappa shape index (κ1) is 23.3. The lowest BCUT2D eigenvalue weighted by atomic mass is 10.1. The standard InChI is InChI=1S/C27H25N3O3S/c1-18-10-12-21(13-11-18)26(31)29-22-7-5-6-20(15-22)16-28-27(32)24-8-3-4-9-25(24)34-17-23-14-19(2)30-33-23/h3-15H,16-17H2,1-2H3,(H,28,32)(H,29,31). The van der Waals surface area contributed by atoms with Gasteiger partial charge in [-0.05, 0) is 55.8 Å². The van der Waals surface area contributed by atoms with E-state index in [9.17, 15) is 9.59 Å². The van der Waals surface area contributed by atoms with Crippen LogP contribution in [0.2, 0.25) is 0 Å². The minimum atomic E-state index is -0.172. The maximum absolute atomic E-state index is 12.9. The highest BCUT2D eigenvalue weighted by Crippen LogP contribution is 2.26. The lowest BCUT2D eigenvalue weighted by Gasteiger charge is -2.11. The normalized spacial score (nSPS) is 10.6. The van der Waals surface area contributed by atoms with E-state index >= 15 is 0 Å². The number of nitrogens with zero attached hydrogens (tertiary/aromatic N) is 1. The Labute approximate surface area is 202 Å². The molecule has 0 radical (unpaired) electrons. The van der Waals surface area contributed by atoms with Gasteiger partial charge in [0, 0.05) is 28.8 Å². The van der Waals surface area contributed by atoms with Crippen LogP contribution in [0.25, 0.3) is 0 Å². The number of thioether (sulfide) groups is 1. The Bertz CT molecular complexity index is 1300. The van der Waals surface area contributed by atoms with Gasteiger partial charge in [-0.1, -0.05) is 47.1 Å². The van der Waals surface area contributed by atoms with Gasteiger partial charge in [0.1, 0.15) is 5.76 Å². The monoisotopic (exact) mass is 471 g/mol. The first-order chi connectivity index (χ1) is 16.5. The number of carbonyl (C=O) groups excluding carboxylic acids is 2. The fourth-order valence-electron chi connectivity index (χ4n) is 3.36. The van der Waals surface area contributed by atoms with E-state index in [0.717, 1.165) is 27.5 Å². The van der Waals surface area contributed by atoms with Crippen molar-refractivity contribution in [2.45, 2.75) is 31.0 Å². The van der Waals surface area contributed by atoms with Crippen molar-refractivity contribution in [3.63, 3.8) is 0 Å². The number of aryl methyl sites for hydroxylation is 2. The molecule has 4 rings (SSSR count). The van der Waals surface area contributed by atoms with Crippen LogP contribution in [0.15, 0.2) is 88.3 Å². The lowest BCUT2D eigenvalue weighted by Crippen LogP contribution is -2.23. The Kier molecular flexibility index (Phi) is 7.44. The molecule has 6 nitrogen and oxygen atoms in total. The van der Waals surface area contributed by atoms with E-state index in [0.29, 0.717) is 29.1 Å². The Morgan fingerprint density at radius 1 is 0.912 bits per heavy atom. The van der Waals surface area contributed by atoms with E-state index in [1.807, 2.05) is 80.6 Å². The Hall–Kier alpha value is -3.84. The van der Waals surface area contributed by atoms with E-state index in [1.165, 1.54) is 11.8 Å². The smallest absolute Gasteiger partial charge is 0.255 e. The summed E-state index contributed by atoms with van der Waals surface area (Å²) in [6.45, 7) is 4.20. The molecule has 0 saturated carbocycles. The molecule has 0 spiro atoms. The van der Waals surface area contributed by atoms with Gasteiger partial charge in [-0.3, -0.25) is 9.59 Å². The molecule has 0 aliphatic carbocycles. The molecule has 0 bridgehead atoms. The SMILES string of the molecule is Cc1ccc(C(=O)Nc2cccc(CNC(=O)c3ccccc3SCc3cc(C)no3)c2)cc1. The number of hydrogen-bond donors (Lipinski definition) is 2. The number of nitrogens with one attached hydrogen (secondary N) is 2. The third kappa shape index (κ3) is 6.14. The minimum Gasteiger partial charge on any atom is -0.360 e. The maximum atomic E-state index is 12.9. The van der Waals surface area contributed by atoms with E-state index < -0.39 is 0 Å². The van der Waals surface area contributed by atoms with Crippen LogP contribution in [-0.4, -0.2) is 17.0 Å². The van der Waals surface area contributed by atoms with Gasteiger partial charge in [0.15, 0.2) is 0 Å². The molecule has 4 aromatic rings. The summed E-state index contributed by atoms with van der Waals surface area (Å²) in [7, 11) is 0. The molecule has 7 heteroatoms. The average molecular weight is 472 g/mol. The van der Waals surface area contributed by atoms with Crippen molar-refractivity contribution in [2.24, 2.45) is 0 Å². The molecule has 2 N–H and O–H groups in total. The predicted octanol–water partition coefficient (Wildman–Crippen LogP) is 5.77. The minimum absolute atomic E-state index is 0.161. The first-order valence-electron chi connectivity index (χ1n) is 10.9. The molecule has 0 aliphatic rings. The van der Waals surface area contributed by atoms with E-state index in [-0.39, 0.29) is 11.8 Å². The summed E-state index contributed by atoms with van der Waals surface area (Å²) < 4.78 is 5.26. The fourth-order valence-corrected chi connectivity index (χ4v) is 4.28. The highest BCUT2D eigenvalue weighted by atomic mass is 32.2. The highest BCUT2D eigenvalue weighted by Gasteiger charge is 2.13. The molecule has 0 fully saturated rings. The predicted molar refractivity (Wildman–Crippen MR) is 134 cm³/mol. The Morgan fingerprint density at radius 2 is 1.71 bits per heavy atom. The molecule has 172 valence electrons. The second kappa shape index (κ2) is 10.9.